The summed E-state index contributed by atoms with van der Waals surface area (Å²) in [7, 11) is -1.73. The molecule has 1 N–H and O–H groups in total. The third-order valence-electron chi connectivity index (χ3n) is 2.91. The Morgan fingerprint density at radius 3 is 2.68 bits per heavy atom. The second kappa shape index (κ2) is 5.10. The average molecular weight is 281 g/mol. The van der Waals surface area contributed by atoms with E-state index >= 15 is 0 Å². The van der Waals surface area contributed by atoms with Crippen molar-refractivity contribution >= 4 is 20.9 Å². The van der Waals surface area contributed by atoms with E-state index in [1.165, 1.54) is 4.57 Å². The standard InChI is InChI=1S/C12H15N3O3S/c1-3-19(17,18)13-8-11-14-10-7-5-4-6-9(10)12(16)15(11)2/h4-7,13H,3,8H2,1-2H3. The number of benzene rings is 1. The molecule has 0 saturated heterocycles. The van der Waals surface area contributed by atoms with Crippen LogP contribution in [0.1, 0.15) is 12.7 Å². The molecule has 1 heterocycles. The van der Waals surface area contributed by atoms with Gasteiger partial charge < -0.3 is 0 Å². The minimum Gasteiger partial charge on any atom is -0.298 e. The second-order valence-corrected chi connectivity index (χ2v) is 6.23. The Labute approximate surface area is 111 Å². The van der Waals surface area contributed by atoms with E-state index in [2.05, 4.69) is 9.71 Å². The monoisotopic (exact) mass is 281 g/mol. The molecule has 0 saturated carbocycles. The van der Waals surface area contributed by atoms with Gasteiger partial charge in [-0.15, -0.1) is 0 Å². The van der Waals surface area contributed by atoms with Gasteiger partial charge in [0.05, 0.1) is 23.2 Å². The summed E-state index contributed by atoms with van der Waals surface area (Å²) >= 11 is 0. The first kappa shape index (κ1) is 13.7. The van der Waals surface area contributed by atoms with Gasteiger partial charge >= 0.3 is 0 Å². The molecule has 6 nitrogen and oxygen atoms in total. The number of hydrogen-bond donors (Lipinski definition) is 1. The van der Waals surface area contributed by atoms with E-state index < -0.39 is 10.0 Å². The molecule has 19 heavy (non-hydrogen) atoms. The van der Waals surface area contributed by atoms with Crippen molar-refractivity contribution in [2.75, 3.05) is 5.75 Å². The van der Waals surface area contributed by atoms with Crippen LogP contribution in [-0.2, 0) is 23.6 Å². The van der Waals surface area contributed by atoms with Crippen molar-refractivity contribution in [3.8, 4) is 0 Å². The molecule has 2 rings (SSSR count). The summed E-state index contributed by atoms with van der Waals surface area (Å²) in [6, 6.07) is 6.98. The van der Waals surface area contributed by atoms with Crippen molar-refractivity contribution in [2.24, 2.45) is 7.05 Å². The van der Waals surface area contributed by atoms with Crippen molar-refractivity contribution in [2.45, 2.75) is 13.5 Å². The van der Waals surface area contributed by atoms with Gasteiger partial charge in [0.2, 0.25) is 10.0 Å². The Morgan fingerprint density at radius 1 is 1.32 bits per heavy atom. The number of nitrogens with zero attached hydrogens (tertiary/aromatic N) is 2. The minimum absolute atomic E-state index is 0.00543. The Balaban J connectivity index is 2.45. The van der Waals surface area contributed by atoms with Gasteiger partial charge in [-0.05, 0) is 19.1 Å². The molecule has 7 heteroatoms. The highest BCUT2D eigenvalue weighted by Crippen LogP contribution is 2.07. The molecule has 0 fully saturated rings. The highest BCUT2D eigenvalue weighted by Gasteiger charge is 2.11. The topological polar surface area (TPSA) is 81.1 Å². The Bertz CT molecular complexity index is 765. The maximum Gasteiger partial charge on any atom is 0.261 e. The lowest BCUT2D eigenvalue weighted by Gasteiger charge is -2.09. The lowest BCUT2D eigenvalue weighted by Crippen LogP contribution is -2.30. The maximum atomic E-state index is 12.1. The molecule has 102 valence electrons. The van der Waals surface area contributed by atoms with E-state index in [0.29, 0.717) is 16.7 Å². The van der Waals surface area contributed by atoms with E-state index in [-0.39, 0.29) is 17.9 Å². The van der Waals surface area contributed by atoms with E-state index in [1.807, 2.05) is 0 Å². The van der Waals surface area contributed by atoms with Crippen molar-refractivity contribution in [1.82, 2.24) is 14.3 Å². The zero-order chi connectivity index (χ0) is 14.0. The first-order chi connectivity index (χ1) is 8.94. The summed E-state index contributed by atoms with van der Waals surface area (Å²) in [5, 5.41) is 0.520. The molecular formula is C12H15N3O3S. The largest absolute Gasteiger partial charge is 0.298 e. The van der Waals surface area contributed by atoms with Crippen LogP contribution in [0, 0.1) is 0 Å². The van der Waals surface area contributed by atoms with Crippen LogP contribution in [0.2, 0.25) is 0 Å². The van der Waals surface area contributed by atoms with Crippen LogP contribution in [0.25, 0.3) is 10.9 Å². The molecular weight excluding hydrogens is 266 g/mol. The first-order valence-electron chi connectivity index (χ1n) is 5.86. The van der Waals surface area contributed by atoms with Gasteiger partial charge in [-0.1, -0.05) is 12.1 Å². The predicted molar refractivity (Wildman–Crippen MR) is 73.3 cm³/mol. The number of nitrogens with one attached hydrogen (secondary N) is 1. The zero-order valence-corrected chi connectivity index (χ0v) is 11.6. The second-order valence-electron chi connectivity index (χ2n) is 4.13. The average Bonchev–Trinajstić information content (AvgIpc) is 2.41. The van der Waals surface area contributed by atoms with Crippen molar-refractivity contribution < 1.29 is 8.42 Å². The first-order valence-corrected chi connectivity index (χ1v) is 7.52. The van der Waals surface area contributed by atoms with Crippen LogP contribution in [0.5, 0.6) is 0 Å². The van der Waals surface area contributed by atoms with Gasteiger partial charge in [0.25, 0.3) is 5.56 Å². The van der Waals surface area contributed by atoms with E-state index in [0.717, 1.165) is 0 Å². The fourth-order valence-electron chi connectivity index (χ4n) is 1.70. The summed E-state index contributed by atoms with van der Waals surface area (Å²) in [5.41, 5.74) is 0.382. The van der Waals surface area contributed by atoms with Crippen LogP contribution < -0.4 is 10.3 Å². The molecule has 0 spiro atoms. The minimum atomic E-state index is -3.31. The Kier molecular flexibility index (Phi) is 3.68. The van der Waals surface area contributed by atoms with Gasteiger partial charge in [-0.2, -0.15) is 0 Å². The lowest BCUT2D eigenvalue weighted by molar-refractivity contribution is 0.577. The fourth-order valence-corrected chi connectivity index (χ4v) is 2.25. The number of aromatic nitrogens is 2. The summed E-state index contributed by atoms with van der Waals surface area (Å²) in [5.74, 6) is 0.384. The van der Waals surface area contributed by atoms with Crippen molar-refractivity contribution in [3.05, 3.63) is 40.4 Å². The fraction of sp³-hybridized carbons (Fsp3) is 0.333. The highest BCUT2D eigenvalue weighted by molar-refractivity contribution is 7.89. The van der Waals surface area contributed by atoms with Gasteiger partial charge in [0.1, 0.15) is 5.82 Å². The normalized spacial score (nSPS) is 11.9. The number of rotatable bonds is 4. The lowest BCUT2D eigenvalue weighted by atomic mass is 10.2. The van der Waals surface area contributed by atoms with Gasteiger partial charge in [0.15, 0.2) is 0 Å². The van der Waals surface area contributed by atoms with Crippen LogP contribution in [-0.4, -0.2) is 23.7 Å². The molecule has 0 atom stereocenters. The summed E-state index contributed by atoms with van der Waals surface area (Å²) in [6.07, 6.45) is 0. The number of sulfonamides is 1. The molecule has 0 radical (unpaired) electrons. The molecule has 1 aromatic carbocycles. The van der Waals surface area contributed by atoms with Gasteiger partial charge in [-0.25, -0.2) is 18.1 Å². The molecule has 0 aliphatic carbocycles. The summed E-state index contributed by atoms with van der Waals surface area (Å²) in [4.78, 5) is 16.4. The van der Waals surface area contributed by atoms with Crippen molar-refractivity contribution in [1.29, 1.82) is 0 Å². The molecule has 0 amide bonds. The molecule has 2 aromatic rings. The highest BCUT2D eigenvalue weighted by atomic mass is 32.2. The number of fused-ring (bicyclic) bond motifs is 1. The van der Waals surface area contributed by atoms with E-state index in [9.17, 15) is 13.2 Å². The number of hydrogen-bond acceptors (Lipinski definition) is 4. The SMILES string of the molecule is CCS(=O)(=O)NCc1nc2ccccc2c(=O)n1C. The van der Waals surface area contributed by atoms with Gasteiger partial charge in [-0.3, -0.25) is 9.36 Å². The van der Waals surface area contributed by atoms with Crippen LogP contribution in [0.15, 0.2) is 29.1 Å². The van der Waals surface area contributed by atoms with E-state index in [1.54, 1.807) is 38.2 Å². The molecule has 1 aromatic heterocycles. The van der Waals surface area contributed by atoms with Crippen LogP contribution in [0.4, 0.5) is 0 Å². The van der Waals surface area contributed by atoms with Crippen molar-refractivity contribution in [3.63, 3.8) is 0 Å². The zero-order valence-electron chi connectivity index (χ0n) is 10.8. The molecule has 0 aliphatic rings. The smallest absolute Gasteiger partial charge is 0.261 e. The predicted octanol–water partition coefficient (Wildman–Crippen LogP) is 0.373. The summed E-state index contributed by atoms with van der Waals surface area (Å²) < 4.78 is 26.6. The van der Waals surface area contributed by atoms with Crippen LogP contribution in [0.3, 0.4) is 0 Å². The molecule has 0 aliphatic heterocycles. The third kappa shape index (κ3) is 2.82. The molecule has 0 unspecified atom stereocenters. The quantitative estimate of drug-likeness (QED) is 0.878. The third-order valence-corrected chi connectivity index (χ3v) is 4.25. The van der Waals surface area contributed by atoms with Gasteiger partial charge in [0, 0.05) is 7.05 Å². The number of para-hydroxylation sites is 1. The Hall–Kier alpha value is -1.73. The maximum absolute atomic E-state index is 12.1. The summed E-state index contributed by atoms with van der Waals surface area (Å²) in [6.45, 7) is 1.56. The Morgan fingerprint density at radius 2 is 2.00 bits per heavy atom. The van der Waals surface area contributed by atoms with Crippen LogP contribution >= 0.6 is 0 Å². The molecule has 0 bridgehead atoms. The van der Waals surface area contributed by atoms with E-state index in [4.69, 9.17) is 0 Å².